The van der Waals surface area contributed by atoms with Crippen molar-refractivity contribution in [3.63, 3.8) is 0 Å². The molecule has 7 aromatic rings. The summed E-state index contributed by atoms with van der Waals surface area (Å²) in [5.41, 5.74) is 7.44. The van der Waals surface area contributed by atoms with Crippen LogP contribution >= 0.6 is 11.3 Å². The number of nitrogens with zero attached hydrogens (tertiary/aromatic N) is 2. The molecular weight excluding hydrogens is 854 g/mol. The maximum Gasteiger partial charge on any atom is 0.382 e. The van der Waals surface area contributed by atoms with E-state index in [0.29, 0.717) is 21.3 Å². The first kappa shape index (κ1) is 36.8. The Balaban J connectivity index is 0.000000245. The van der Waals surface area contributed by atoms with E-state index < -0.39 is 25.7 Å². The second kappa shape index (κ2) is 15.3. The van der Waals surface area contributed by atoms with Gasteiger partial charge in [-0.15, -0.1) is 53.6 Å². The third-order valence-electron chi connectivity index (χ3n) is 8.97. The van der Waals surface area contributed by atoms with Crippen molar-refractivity contribution in [1.29, 1.82) is 0 Å². The first-order chi connectivity index (χ1) is 24.1. The summed E-state index contributed by atoms with van der Waals surface area (Å²) in [6.07, 6.45) is -0.817. The number of halogens is 3. The van der Waals surface area contributed by atoms with E-state index >= 15 is 0 Å². The van der Waals surface area contributed by atoms with Crippen molar-refractivity contribution >= 4 is 44.8 Å². The summed E-state index contributed by atoms with van der Waals surface area (Å²) < 4.78 is 52.2. The zero-order valence-electron chi connectivity index (χ0n) is 30.6. The molecule has 0 fully saturated rings. The molecule has 0 aliphatic carbocycles. The second-order valence-electron chi connectivity index (χ2n) is 13.6. The van der Waals surface area contributed by atoms with Crippen LogP contribution in [0, 0.1) is 32.9 Å². The number of benzene rings is 4. The van der Waals surface area contributed by atoms with Crippen LogP contribution in [0.1, 0.15) is 47.6 Å². The normalized spacial score (nSPS) is 13.2. The summed E-state index contributed by atoms with van der Waals surface area (Å²) in [4.78, 5) is 9.06. The van der Waals surface area contributed by atoms with Crippen molar-refractivity contribution in [3.8, 4) is 22.5 Å². The van der Waals surface area contributed by atoms with Crippen molar-refractivity contribution in [2.75, 3.05) is 0 Å². The fraction of sp³-hybridized carbons (Fsp3) is 0.209. The average Bonchev–Trinajstić information content (AvgIpc) is 3.47. The molecule has 51 heavy (non-hydrogen) atoms. The van der Waals surface area contributed by atoms with Gasteiger partial charge in [-0.3, -0.25) is 0 Å². The Kier molecular flexibility index (Phi) is 11.1. The standard InChI is InChI=1S/C28H21F3NS.C15H18NSi.Ir/c1-16-7-6-8-17(2)25(16)18(3)19-13-14-32-23(15-19)20-11-12-22(28(29,30)31)26-21-9-4-5-10-24(21)33-27(20)26;1-12-10-14(13-8-6-5-7-9-13)16-11-15(12)17(2,3)4;/h4-10,12-15,18H,1-3H3;5-8,10-11H,1-4H3;/q2*-1;/i18D;;. The number of fused-ring (bicyclic) bond motifs is 3. The minimum atomic E-state index is -4.49. The molecule has 0 spiro atoms. The summed E-state index contributed by atoms with van der Waals surface area (Å²) in [6.45, 7) is 15.1. The predicted octanol–water partition coefficient (Wildman–Crippen LogP) is 12.1. The molecule has 0 aliphatic rings. The van der Waals surface area contributed by atoms with Gasteiger partial charge in [-0.1, -0.05) is 86.0 Å². The van der Waals surface area contributed by atoms with Crippen LogP contribution in [0.15, 0.2) is 103 Å². The van der Waals surface area contributed by atoms with Crippen LogP contribution in [-0.4, -0.2) is 18.0 Å². The van der Waals surface area contributed by atoms with Gasteiger partial charge in [0.15, 0.2) is 0 Å². The average molecular weight is 894 g/mol. The van der Waals surface area contributed by atoms with Gasteiger partial charge in [-0.25, -0.2) is 0 Å². The maximum absolute atomic E-state index is 13.9. The molecule has 1 unspecified atom stereocenters. The number of aromatic nitrogens is 2. The second-order valence-corrected chi connectivity index (χ2v) is 19.7. The summed E-state index contributed by atoms with van der Waals surface area (Å²) >= 11 is 1.31. The molecule has 0 amide bonds. The van der Waals surface area contributed by atoms with E-state index in [1.807, 2.05) is 75.4 Å². The summed E-state index contributed by atoms with van der Waals surface area (Å²) in [7, 11) is -1.27. The molecule has 8 heteroatoms. The summed E-state index contributed by atoms with van der Waals surface area (Å²) in [5, 5.41) is 2.19. The van der Waals surface area contributed by atoms with Gasteiger partial charge in [0.05, 0.1) is 8.07 Å². The predicted molar refractivity (Wildman–Crippen MR) is 206 cm³/mol. The van der Waals surface area contributed by atoms with Crippen molar-refractivity contribution in [2.24, 2.45) is 0 Å². The molecular formula is C43H39F3IrN2SSi-2. The molecule has 7 rings (SSSR count). The first-order valence-electron chi connectivity index (χ1n) is 17.0. The number of aryl methyl sites for hydroxylation is 3. The maximum atomic E-state index is 13.9. The van der Waals surface area contributed by atoms with Gasteiger partial charge in [0.2, 0.25) is 0 Å². The molecule has 4 aromatic carbocycles. The smallest absolute Gasteiger partial charge is 0.305 e. The number of thiophene rings is 1. The summed E-state index contributed by atoms with van der Waals surface area (Å²) in [6, 6.07) is 34.0. The van der Waals surface area contributed by atoms with Crippen LogP contribution in [-0.2, 0) is 26.3 Å². The number of hydrogen-bond donors (Lipinski definition) is 0. The molecule has 0 bridgehead atoms. The van der Waals surface area contributed by atoms with Crippen molar-refractivity contribution in [1.82, 2.24) is 9.97 Å². The minimum absolute atomic E-state index is 0. The van der Waals surface area contributed by atoms with Crippen molar-refractivity contribution < 1.29 is 34.6 Å². The molecule has 0 saturated carbocycles. The number of hydrogen-bond acceptors (Lipinski definition) is 3. The molecule has 0 N–H and O–H groups in total. The Bertz CT molecular complexity index is 2350. The molecule has 3 heterocycles. The van der Waals surface area contributed by atoms with E-state index in [4.69, 9.17) is 0 Å². The Morgan fingerprint density at radius 3 is 2.18 bits per heavy atom. The van der Waals surface area contributed by atoms with E-state index in [-0.39, 0.29) is 25.5 Å². The van der Waals surface area contributed by atoms with Crippen LogP contribution in [0.25, 0.3) is 42.7 Å². The van der Waals surface area contributed by atoms with E-state index in [1.54, 1.807) is 24.4 Å². The fourth-order valence-electron chi connectivity index (χ4n) is 6.58. The van der Waals surface area contributed by atoms with Crippen LogP contribution in [0.3, 0.4) is 0 Å². The van der Waals surface area contributed by atoms with E-state index in [0.717, 1.165) is 44.3 Å². The minimum Gasteiger partial charge on any atom is -0.305 e. The van der Waals surface area contributed by atoms with Gasteiger partial charge in [0.1, 0.15) is 0 Å². The Morgan fingerprint density at radius 2 is 1.53 bits per heavy atom. The monoisotopic (exact) mass is 894 g/mol. The fourth-order valence-corrected chi connectivity index (χ4v) is 9.52. The zero-order valence-corrected chi connectivity index (χ0v) is 33.8. The van der Waals surface area contributed by atoms with Gasteiger partial charge < -0.3 is 9.97 Å². The van der Waals surface area contributed by atoms with E-state index in [2.05, 4.69) is 67.0 Å². The Labute approximate surface area is 318 Å². The topological polar surface area (TPSA) is 25.8 Å². The number of pyridine rings is 2. The third-order valence-corrected chi connectivity index (χ3v) is 12.3. The van der Waals surface area contributed by atoms with Gasteiger partial charge in [0.25, 0.3) is 0 Å². The zero-order chi connectivity index (χ0) is 36.7. The molecule has 3 aromatic heterocycles. The number of rotatable bonds is 5. The van der Waals surface area contributed by atoms with Crippen LogP contribution in [0.4, 0.5) is 13.2 Å². The first-order valence-corrected chi connectivity index (χ1v) is 20.8. The quantitative estimate of drug-likeness (QED) is 0.127. The SMILES string of the molecule is Cc1cc(-c2[c-]cccc2)ncc1[Si](C)(C)C.[2H]C(C)(c1ccnc(-c2[c-]cc(C(F)(F)F)c3c2sc2ccccc23)c1)c1c(C)cccc1C.[Ir]. The van der Waals surface area contributed by atoms with Crippen LogP contribution in [0.5, 0.6) is 0 Å². The van der Waals surface area contributed by atoms with Crippen molar-refractivity contribution in [2.45, 2.75) is 59.4 Å². The Hall–Kier alpha value is -3.94. The molecule has 263 valence electrons. The molecule has 1 atom stereocenters. The van der Waals surface area contributed by atoms with Crippen LogP contribution < -0.4 is 5.19 Å². The van der Waals surface area contributed by atoms with Gasteiger partial charge in [0, 0.05) is 44.5 Å². The number of alkyl halides is 3. The molecule has 0 aliphatic heterocycles. The van der Waals surface area contributed by atoms with Crippen molar-refractivity contribution in [3.05, 3.63) is 149 Å². The Morgan fingerprint density at radius 1 is 0.824 bits per heavy atom. The molecule has 1 radical (unpaired) electrons. The molecule has 0 saturated heterocycles. The largest absolute Gasteiger partial charge is 0.382 e. The van der Waals surface area contributed by atoms with E-state index in [1.165, 1.54) is 22.1 Å². The van der Waals surface area contributed by atoms with Gasteiger partial charge in [-0.05, 0) is 87.4 Å². The van der Waals surface area contributed by atoms with E-state index in [9.17, 15) is 14.5 Å². The van der Waals surface area contributed by atoms with Crippen LogP contribution in [0.2, 0.25) is 19.6 Å². The third kappa shape index (κ3) is 8.10. The van der Waals surface area contributed by atoms with Gasteiger partial charge in [-0.2, -0.15) is 24.5 Å². The summed E-state index contributed by atoms with van der Waals surface area (Å²) in [5.74, 6) is -1.06. The van der Waals surface area contributed by atoms with Gasteiger partial charge >= 0.3 is 6.18 Å². The molecule has 2 nitrogen and oxygen atoms in total.